The fourth-order valence-electron chi connectivity index (χ4n) is 2.80. The summed E-state index contributed by atoms with van der Waals surface area (Å²) < 4.78 is 5.13. The monoisotopic (exact) mass is 303 g/mol. The second-order valence-corrected chi connectivity index (χ2v) is 6.69. The molecule has 2 aromatic heterocycles. The van der Waals surface area contributed by atoms with Crippen LogP contribution in [0, 0.1) is 0 Å². The molecule has 5 heteroatoms. The van der Waals surface area contributed by atoms with Gasteiger partial charge in [-0.25, -0.2) is 9.97 Å². The number of nitrogens with two attached hydrogens (primary N) is 1. The molecule has 0 saturated carbocycles. The topological polar surface area (TPSA) is 61.0 Å². The molecule has 2 aromatic rings. The van der Waals surface area contributed by atoms with E-state index < -0.39 is 0 Å². The second kappa shape index (κ2) is 6.54. The largest absolute Gasteiger partial charge is 0.481 e. The molecular weight excluding hydrogens is 282 g/mol. The molecule has 4 nitrogen and oxygen atoms in total. The van der Waals surface area contributed by atoms with E-state index in [-0.39, 0.29) is 6.04 Å². The van der Waals surface area contributed by atoms with Gasteiger partial charge in [-0.05, 0) is 37.3 Å². The molecule has 0 aliphatic heterocycles. The summed E-state index contributed by atoms with van der Waals surface area (Å²) in [5, 5.41) is 0. The van der Waals surface area contributed by atoms with E-state index in [0.717, 1.165) is 12.1 Å². The van der Waals surface area contributed by atoms with Crippen molar-refractivity contribution in [1.29, 1.82) is 0 Å². The first kappa shape index (κ1) is 14.5. The van der Waals surface area contributed by atoms with Gasteiger partial charge >= 0.3 is 0 Å². The summed E-state index contributed by atoms with van der Waals surface area (Å²) in [7, 11) is 1.61. The number of aryl methyl sites for hydroxylation is 2. The lowest BCUT2D eigenvalue weighted by Crippen LogP contribution is -2.13. The Balaban J connectivity index is 1.74. The van der Waals surface area contributed by atoms with Crippen LogP contribution in [0.5, 0.6) is 5.88 Å². The van der Waals surface area contributed by atoms with Gasteiger partial charge in [0.25, 0.3) is 0 Å². The third-order valence-electron chi connectivity index (χ3n) is 3.97. The summed E-state index contributed by atoms with van der Waals surface area (Å²) in [6.07, 6.45) is 8.65. The van der Waals surface area contributed by atoms with Gasteiger partial charge < -0.3 is 10.5 Å². The Kier molecular flexibility index (Phi) is 4.51. The Labute approximate surface area is 129 Å². The lowest BCUT2D eigenvalue weighted by Gasteiger charge is -2.09. The number of methoxy groups -OCH3 is 1. The van der Waals surface area contributed by atoms with Crippen LogP contribution >= 0.6 is 11.3 Å². The molecule has 1 unspecified atom stereocenters. The van der Waals surface area contributed by atoms with E-state index in [1.165, 1.54) is 48.9 Å². The van der Waals surface area contributed by atoms with Crippen LogP contribution in [-0.2, 0) is 19.3 Å². The molecule has 0 amide bonds. The van der Waals surface area contributed by atoms with E-state index in [9.17, 15) is 0 Å². The van der Waals surface area contributed by atoms with Crippen molar-refractivity contribution in [2.75, 3.05) is 7.11 Å². The fraction of sp³-hybridized carbons (Fsp3) is 0.500. The summed E-state index contributed by atoms with van der Waals surface area (Å²) >= 11 is 1.89. The van der Waals surface area contributed by atoms with Crippen molar-refractivity contribution in [3.63, 3.8) is 0 Å². The molecule has 1 aliphatic rings. The Morgan fingerprint density at radius 2 is 2.10 bits per heavy atom. The van der Waals surface area contributed by atoms with Crippen LogP contribution < -0.4 is 10.5 Å². The predicted molar refractivity (Wildman–Crippen MR) is 84.8 cm³/mol. The van der Waals surface area contributed by atoms with Crippen LogP contribution in [0.15, 0.2) is 18.5 Å². The SMILES string of the molecule is COc1cc(CC(N)c2cc3c(s2)CCCCC3)ncn1. The second-order valence-electron chi connectivity index (χ2n) is 5.52. The quantitative estimate of drug-likeness (QED) is 0.882. The van der Waals surface area contributed by atoms with Gasteiger partial charge in [-0.1, -0.05) is 6.42 Å². The van der Waals surface area contributed by atoms with Gasteiger partial charge in [0.15, 0.2) is 0 Å². The highest BCUT2D eigenvalue weighted by atomic mass is 32.1. The minimum Gasteiger partial charge on any atom is -0.481 e. The molecule has 2 N–H and O–H groups in total. The third kappa shape index (κ3) is 3.41. The molecular formula is C16H21N3OS. The highest BCUT2D eigenvalue weighted by molar-refractivity contribution is 7.12. The number of ether oxygens (including phenoxy) is 1. The minimum absolute atomic E-state index is 0.00142. The van der Waals surface area contributed by atoms with Gasteiger partial charge in [0, 0.05) is 34.0 Å². The molecule has 1 aliphatic carbocycles. The summed E-state index contributed by atoms with van der Waals surface area (Å²) in [5.41, 5.74) is 8.82. The minimum atomic E-state index is 0.00142. The van der Waals surface area contributed by atoms with Gasteiger partial charge in [-0.3, -0.25) is 0 Å². The first-order valence-electron chi connectivity index (χ1n) is 7.48. The molecule has 0 aromatic carbocycles. The van der Waals surface area contributed by atoms with Crippen molar-refractivity contribution in [3.8, 4) is 5.88 Å². The number of fused-ring (bicyclic) bond motifs is 1. The van der Waals surface area contributed by atoms with Gasteiger partial charge in [0.05, 0.1) is 7.11 Å². The number of hydrogen-bond acceptors (Lipinski definition) is 5. The Bertz CT molecular complexity index is 588. The van der Waals surface area contributed by atoms with Crippen molar-refractivity contribution in [3.05, 3.63) is 39.5 Å². The third-order valence-corrected chi connectivity index (χ3v) is 5.34. The zero-order valence-corrected chi connectivity index (χ0v) is 13.2. The molecule has 3 rings (SSSR count). The standard InChI is InChI=1S/C16H21N3OS/c1-20-16-9-12(18-10-19-16)8-13(17)15-7-11-5-3-2-4-6-14(11)21-15/h7,9-10,13H,2-6,8,17H2,1H3. The van der Waals surface area contributed by atoms with Crippen LogP contribution in [0.2, 0.25) is 0 Å². The molecule has 1 atom stereocenters. The van der Waals surface area contributed by atoms with Crippen molar-refractivity contribution >= 4 is 11.3 Å². The lowest BCUT2D eigenvalue weighted by molar-refractivity contribution is 0.395. The molecule has 0 bridgehead atoms. The maximum absolute atomic E-state index is 6.38. The van der Waals surface area contributed by atoms with Crippen LogP contribution in [0.3, 0.4) is 0 Å². The van der Waals surface area contributed by atoms with Crippen LogP contribution in [0.25, 0.3) is 0 Å². The van der Waals surface area contributed by atoms with Gasteiger partial charge in [0.1, 0.15) is 6.33 Å². The van der Waals surface area contributed by atoms with E-state index in [1.807, 2.05) is 17.4 Å². The molecule has 21 heavy (non-hydrogen) atoms. The van der Waals surface area contributed by atoms with Crippen molar-refractivity contribution in [1.82, 2.24) is 9.97 Å². The number of nitrogens with zero attached hydrogens (tertiary/aromatic N) is 2. The Morgan fingerprint density at radius 1 is 1.24 bits per heavy atom. The molecule has 0 spiro atoms. The van der Waals surface area contributed by atoms with Crippen molar-refractivity contribution in [2.45, 2.75) is 44.6 Å². The molecule has 112 valence electrons. The fourth-order valence-corrected chi connectivity index (χ4v) is 4.06. The molecule has 2 heterocycles. The Morgan fingerprint density at radius 3 is 2.95 bits per heavy atom. The summed E-state index contributed by atoms with van der Waals surface area (Å²) in [6, 6.07) is 4.17. The number of aromatic nitrogens is 2. The zero-order chi connectivity index (χ0) is 14.7. The van der Waals surface area contributed by atoms with E-state index in [4.69, 9.17) is 10.5 Å². The molecule has 0 saturated heterocycles. The highest BCUT2D eigenvalue weighted by Crippen LogP contribution is 2.32. The van der Waals surface area contributed by atoms with Crippen molar-refractivity contribution < 1.29 is 4.74 Å². The maximum Gasteiger partial charge on any atom is 0.216 e. The molecule has 0 radical (unpaired) electrons. The van der Waals surface area contributed by atoms with Gasteiger partial charge in [-0.15, -0.1) is 11.3 Å². The van der Waals surface area contributed by atoms with Crippen LogP contribution in [0.1, 0.15) is 46.3 Å². The number of thiophene rings is 1. The van der Waals surface area contributed by atoms with E-state index in [1.54, 1.807) is 12.0 Å². The van der Waals surface area contributed by atoms with E-state index >= 15 is 0 Å². The summed E-state index contributed by atoms with van der Waals surface area (Å²) in [4.78, 5) is 11.1. The average molecular weight is 303 g/mol. The van der Waals surface area contributed by atoms with Gasteiger partial charge in [0.2, 0.25) is 5.88 Å². The zero-order valence-electron chi connectivity index (χ0n) is 12.3. The van der Waals surface area contributed by atoms with Crippen LogP contribution in [-0.4, -0.2) is 17.1 Å². The first-order chi connectivity index (χ1) is 10.3. The summed E-state index contributed by atoms with van der Waals surface area (Å²) in [6.45, 7) is 0. The van der Waals surface area contributed by atoms with E-state index in [0.29, 0.717) is 5.88 Å². The average Bonchev–Trinajstić information content (AvgIpc) is 2.79. The van der Waals surface area contributed by atoms with Crippen molar-refractivity contribution in [2.24, 2.45) is 5.73 Å². The van der Waals surface area contributed by atoms with Gasteiger partial charge in [-0.2, -0.15) is 0 Å². The Hall–Kier alpha value is -1.46. The lowest BCUT2D eigenvalue weighted by atomic mass is 10.1. The normalized spacial score (nSPS) is 16.1. The number of rotatable bonds is 4. The first-order valence-corrected chi connectivity index (χ1v) is 8.30. The molecule has 0 fully saturated rings. The van der Waals surface area contributed by atoms with E-state index in [2.05, 4.69) is 16.0 Å². The summed E-state index contributed by atoms with van der Waals surface area (Å²) in [5.74, 6) is 0.592. The highest BCUT2D eigenvalue weighted by Gasteiger charge is 2.17. The van der Waals surface area contributed by atoms with Crippen LogP contribution in [0.4, 0.5) is 0 Å². The maximum atomic E-state index is 6.38. The smallest absolute Gasteiger partial charge is 0.216 e. The number of hydrogen-bond donors (Lipinski definition) is 1. The predicted octanol–water partition coefficient (Wildman–Crippen LogP) is 3.06.